The Hall–Kier alpha value is -2.44. The van der Waals surface area contributed by atoms with E-state index >= 15 is 0 Å². The van der Waals surface area contributed by atoms with Crippen molar-refractivity contribution < 1.29 is 40.7 Å². The average Bonchev–Trinajstić information content (AvgIpc) is 3.26. The molecule has 170 valence electrons. The number of aromatic nitrogens is 3. The number of nitrogens with zero attached hydrogens (tertiary/aromatic N) is 3. The monoisotopic (exact) mass is 478 g/mol. The van der Waals surface area contributed by atoms with Crippen molar-refractivity contribution in [2.75, 3.05) is 6.54 Å². The zero-order valence-corrected chi connectivity index (χ0v) is 20.1. The summed E-state index contributed by atoms with van der Waals surface area (Å²) in [5, 5.41) is 20.5. The van der Waals surface area contributed by atoms with Crippen LogP contribution < -0.4 is 9.84 Å². The molecule has 2 heterocycles. The fourth-order valence-electron chi connectivity index (χ4n) is 2.91. The number of phosphoric acid groups is 1. The first-order valence-electron chi connectivity index (χ1n) is 9.22. The quantitative estimate of drug-likeness (QED) is 0.289. The number of aromatic hydroxyl groups is 1. The van der Waals surface area contributed by atoms with E-state index in [1.807, 2.05) is 13.8 Å². The zero-order chi connectivity index (χ0) is 22.9. The van der Waals surface area contributed by atoms with Gasteiger partial charge in [0.1, 0.15) is 17.1 Å². The number of amides is 1. The van der Waals surface area contributed by atoms with E-state index in [1.165, 1.54) is 6.07 Å². The van der Waals surface area contributed by atoms with Crippen LogP contribution in [0.3, 0.4) is 0 Å². The molecule has 0 aliphatic rings. The Morgan fingerprint density at radius 3 is 2.50 bits per heavy atom. The number of hydrogen-bond acceptors (Lipinski definition) is 9. The van der Waals surface area contributed by atoms with Crippen molar-refractivity contribution in [1.29, 1.82) is 0 Å². The molecule has 3 aromatic rings. The first-order chi connectivity index (χ1) is 14.5. The molecule has 1 aromatic carbocycles. The molecule has 0 saturated carbocycles. The minimum absolute atomic E-state index is 0. The number of rotatable bonds is 7. The molecule has 1 amide bonds. The van der Waals surface area contributed by atoms with Crippen LogP contribution in [0.5, 0.6) is 11.5 Å². The summed E-state index contributed by atoms with van der Waals surface area (Å²) in [7, 11) is -5.00. The first kappa shape index (κ1) is 25.8. The Bertz CT molecular complexity index is 1180. The molecule has 0 spiro atoms. The zero-order valence-electron chi connectivity index (χ0n) is 19.8. The second-order valence-corrected chi connectivity index (χ2v) is 8.04. The maximum absolute atomic E-state index is 12.5. The first-order valence-corrected chi connectivity index (χ1v) is 10.8. The van der Waals surface area contributed by atoms with Gasteiger partial charge in [-0.05, 0) is 24.5 Å². The molecular weight excluding hydrogens is 455 g/mol. The van der Waals surface area contributed by atoms with Crippen LogP contribution in [-0.4, -0.2) is 65.7 Å². The van der Waals surface area contributed by atoms with Gasteiger partial charge in [-0.1, -0.05) is 24.2 Å². The number of hydrogen-bond donors (Lipinski definition) is 4. The van der Waals surface area contributed by atoms with Crippen LogP contribution in [0, 0.1) is 6.92 Å². The minimum Gasteiger partial charge on any atom is -1.00 e. The molecule has 4 N–H and O–H groups in total. The Balaban J connectivity index is 0.00000363. The largest absolute Gasteiger partial charge is 2.00 e. The number of nitrogens with one attached hydrogen (secondary N) is 1. The fourth-order valence-corrected chi connectivity index (χ4v) is 3.32. The smallest absolute Gasteiger partial charge is 1.00 e. The normalized spacial score (nSPS) is 11.3. The summed E-state index contributed by atoms with van der Waals surface area (Å²) in [4.78, 5) is 35.3. The van der Waals surface area contributed by atoms with Gasteiger partial charge in [-0.3, -0.25) is 14.6 Å². The van der Waals surface area contributed by atoms with Gasteiger partial charge in [-0.2, -0.15) is 4.98 Å². The molecular formula is C18H23MgN4O8P. The van der Waals surface area contributed by atoms with Crippen LogP contribution >= 0.6 is 7.82 Å². The number of phosphoric ester groups is 1. The van der Waals surface area contributed by atoms with E-state index in [1.54, 1.807) is 13.8 Å². The van der Waals surface area contributed by atoms with Crippen LogP contribution in [0.25, 0.3) is 22.7 Å². The number of carbonyl (C=O) groups is 1. The second-order valence-electron chi connectivity index (χ2n) is 6.88. The summed E-state index contributed by atoms with van der Waals surface area (Å²) in [6.45, 7) is 7.21. The molecule has 0 atom stereocenters. The molecule has 0 bridgehead atoms. The molecule has 0 aliphatic heterocycles. The van der Waals surface area contributed by atoms with Crippen LogP contribution in [0.4, 0.5) is 0 Å². The molecule has 0 unspecified atom stereocenters. The van der Waals surface area contributed by atoms with Crippen molar-refractivity contribution >= 4 is 36.8 Å². The van der Waals surface area contributed by atoms with Crippen LogP contribution in [0.2, 0.25) is 0 Å². The molecule has 14 heteroatoms. The summed E-state index contributed by atoms with van der Waals surface area (Å²) in [5.74, 6) is -1.24. The van der Waals surface area contributed by atoms with Gasteiger partial charge in [0.05, 0.1) is 5.56 Å². The Kier molecular flexibility index (Phi) is 8.07. The minimum atomic E-state index is -5.00. The average molecular weight is 479 g/mol. The Morgan fingerprint density at radius 2 is 1.97 bits per heavy atom. The van der Waals surface area contributed by atoms with Gasteiger partial charge in [0.15, 0.2) is 11.5 Å². The standard InChI is InChI=1S/C18H21N4O8P.Mg.2H/c1-5-19-18(24)15-14(17-20-9(4)28-22-17)16(29-21-15)11-6-10(8(2)3)12(23)7-13(11)30-31(25,26)27;;;/h6-8,23H,5H2,1-4H3,(H,19,24)(H2,25,26,27);;;/q;+2;2*-1. The molecule has 0 radical (unpaired) electrons. The van der Waals surface area contributed by atoms with Crippen LogP contribution in [0.15, 0.2) is 21.2 Å². The Morgan fingerprint density at radius 1 is 1.28 bits per heavy atom. The van der Waals surface area contributed by atoms with Gasteiger partial charge in [0.2, 0.25) is 11.7 Å². The summed E-state index contributed by atoms with van der Waals surface area (Å²) >= 11 is 0. The fraction of sp³-hybridized carbons (Fsp3) is 0.333. The third-order valence-electron chi connectivity index (χ3n) is 4.21. The van der Waals surface area contributed by atoms with E-state index in [2.05, 4.69) is 20.6 Å². The van der Waals surface area contributed by atoms with E-state index in [4.69, 9.17) is 13.6 Å². The van der Waals surface area contributed by atoms with Crippen molar-refractivity contribution in [2.24, 2.45) is 0 Å². The van der Waals surface area contributed by atoms with E-state index in [0.29, 0.717) is 12.1 Å². The predicted molar refractivity (Wildman–Crippen MR) is 114 cm³/mol. The predicted octanol–water partition coefficient (Wildman–Crippen LogP) is 2.59. The molecule has 0 saturated heterocycles. The summed E-state index contributed by atoms with van der Waals surface area (Å²) in [6.07, 6.45) is 0. The number of benzene rings is 1. The maximum atomic E-state index is 12.5. The van der Waals surface area contributed by atoms with E-state index < -0.39 is 13.7 Å². The summed E-state index contributed by atoms with van der Waals surface area (Å²) in [5.41, 5.74) is 0.363. The van der Waals surface area contributed by atoms with E-state index in [0.717, 1.165) is 6.07 Å². The Labute approximate surface area is 201 Å². The molecule has 3 rings (SSSR count). The number of carbonyl (C=O) groups excluding carboxylic acids is 1. The van der Waals surface area contributed by atoms with Crippen LogP contribution in [0.1, 0.15) is 51.5 Å². The molecule has 12 nitrogen and oxygen atoms in total. The van der Waals surface area contributed by atoms with Crippen molar-refractivity contribution in [2.45, 2.75) is 33.6 Å². The summed E-state index contributed by atoms with van der Waals surface area (Å²) < 4.78 is 26.7. The molecule has 32 heavy (non-hydrogen) atoms. The second kappa shape index (κ2) is 10.0. The van der Waals surface area contributed by atoms with Crippen LogP contribution in [-0.2, 0) is 4.57 Å². The maximum Gasteiger partial charge on any atom is 2.00 e. The number of phenols is 1. The van der Waals surface area contributed by atoms with Crippen molar-refractivity contribution in [3.63, 3.8) is 0 Å². The van der Waals surface area contributed by atoms with E-state index in [-0.39, 0.29) is 77.6 Å². The third kappa shape index (κ3) is 5.48. The van der Waals surface area contributed by atoms with Gasteiger partial charge in [-0.15, -0.1) is 0 Å². The SMILES string of the molecule is CCNC(=O)c1noc(-c2cc(C(C)C)c(O)cc2OP(=O)(O)O)c1-c1noc(C)n1.[H-].[H-].[Mg+2]. The van der Waals surface area contributed by atoms with Crippen molar-refractivity contribution in [1.82, 2.24) is 20.6 Å². The van der Waals surface area contributed by atoms with Crippen molar-refractivity contribution in [3.8, 4) is 34.2 Å². The third-order valence-corrected chi connectivity index (χ3v) is 4.64. The van der Waals surface area contributed by atoms with E-state index in [9.17, 15) is 24.3 Å². The van der Waals surface area contributed by atoms with Gasteiger partial charge in [0, 0.05) is 19.5 Å². The van der Waals surface area contributed by atoms with Gasteiger partial charge in [0.25, 0.3) is 5.91 Å². The molecule has 2 aromatic heterocycles. The molecule has 0 fully saturated rings. The van der Waals surface area contributed by atoms with Gasteiger partial charge in [-0.25, -0.2) is 4.57 Å². The number of phenolic OH excluding ortho intramolecular Hbond substituents is 1. The number of aryl methyl sites for hydroxylation is 1. The topological polar surface area (TPSA) is 181 Å². The van der Waals surface area contributed by atoms with Crippen molar-refractivity contribution in [3.05, 3.63) is 29.3 Å². The van der Waals surface area contributed by atoms with Gasteiger partial charge >= 0.3 is 30.9 Å². The molecule has 0 aliphatic carbocycles. The summed E-state index contributed by atoms with van der Waals surface area (Å²) in [6, 6.07) is 2.49. The van der Waals surface area contributed by atoms with Gasteiger partial charge < -0.3 is 26.8 Å².